The second-order valence-corrected chi connectivity index (χ2v) is 2.73. The van der Waals surface area contributed by atoms with Crippen molar-refractivity contribution in [3.63, 3.8) is 0 Å². The molecule has 0 aliphatic carbocycles. The van der Waals surface area contributed by atoms with Crippen LogP contribution in [0.3, 0.4) is 0 Å². The Labute approximate surface area is 90.1 Å². The summed E-state index contributed by atoms with van der Waals surface area (Å²) >= 11 is 5.04. The molecule has 0 bridgehead atoms. The van der Waals surface area contributed by atoms with Crippen LogP contribution in [-0.2, 0) is 6.18 Å². The highest BCUT2D eigenvalue weighted by molar-refractivity contribution is 6.30. The summed E-state index contributed by atoms with van der Waals surface area (Å²) in [6, 6.07) is 4.51. The van der Waals surface area contributed by atoms with Gasteiger partial charge in [-0.15, -0.1) is 0 Å². The van der Waals surface area contributed by atoms with Crippen molar-refractivity contribution in [1.29, 1.82) is 0 Å². The van der Waals surface area contributed by atoms with Gasteiger partial charge in [0.2, 0.25) is 0 Å². The van der Waals surface area contributed by atoms with Gasteiger partial charge in [-0.05, 0) is 41.8 Å². The second-order valence-electron chi connectivity index (χ2n) is 2.54. The standard InChI is InChI=1S/C11H4ClF3/c12-8-2-1-3-9-4-6-10(7-5-9)11(13,14)15/h4-7H. The average molecular weight is 229 g/mol. The van der Waals surface area contributed by atoms with Crippen molar-refractivity contribution in [2.45, 2.75) is 6.18 Å². The molecule has 1 aromatic carbocycles. The lowest BCUT2D eigenvalue weighted by Gasteiger charge is -2.05. The van der Waals surface area contributed by atoms with Gasteiger partial charge in [0.05, 0.1) is 5.56 Å². The summed E-state index contributed by atoms with van der Waals surface area (Å²) in [7, 11) is 0. The molecule has 0 aliphatic heterocycles. The molecule has 76 valence electrons. The van der Waals surface area contributed by atoms with Crippen molar-refractivity contribution in [3.05, 3.63) is 35.4 Å². The van der Waals surface area contributed by atoms with E-state index < -0.39 is 11.7 Å². The van der Waals surface area contributed by atoms with E-state index in [9.17, 15) is 13.2 Å². The molecule has 0 saturated heterocycles. The largest absolute Gasteiger partial charge is 0.416 e. The van der Waals surface area contributed by atoms with Crippen LogP contribution >= 0.6 is 11.6 Å². The quantitative estimate of drug-likeness (QED) is 0.598. The third kappa shape index (κ3) is 3.58. The number of benzene rings is 1. The zero-order chi connectivity index (χ0) is 11.3. The van der Waals surface area contributed by atoms with Crippen LogP contribution in [0.2, 0.25) is 0 Å². The van der Waals surface area contributed by atoms with Gasteiger partial charge in [0.15, 0.2) is 0 Å². The number of alkyl halides is 3. The van der Waals surface area contributed by atoms with Crippen molar-refractivity contribution in [2.75, 3.05) is 0 Å². The summed E-state index contributed by atoms with van der Waals surface area (Å²) in [6.07, 6.45) is -4.32. The molecule has 0 aromatic heterocycles. The molecule has 4 heteroatoms. The van der Waals surface area contributed by atoms with E-state index in [1.165, 1.54) is 12.1 Å². The van der Waals surface area contributed by atoms with Crippen molar-refractivity contribution >= 4 is 11.6 Å². The van der Waals surface area contributed by atoms with Gasteiger partial charge < -0.3 is 0 Å². The van der Waals surface area contributed by atoms with E-state index in [0.29, 0.717) is 5.56 Å². The number of hydrogen-bond acceptors (Lipinski definition) is 0. The molecule has 0 radical (unpaired) electrons. The molecule has 0 saturated carbocycles. The Bertz CT molecular complexity index is 449. The first-order valence-electron chi connectivity index (χ1n) is 3.83. The molecular formula is C11H4ClF3. The molecule has 0 N–H and O–H groups in total. The Morgan fingerprint density at radius 2 is 1.60 bits per heavy atom. The fourth-order valence-electron chi connectivity index (χ4n) is 0.870. The lowest BCUT2D eigenvalue weighted by Crippen LogP contribution is -2.03. The van der Waals surface area contributed by atoms with Crippen LogP contribution in [0.15, 0.2) is 24.3 Å². The van der Waals surface area contributed by atoms with Gasteiger partial charge in [-0.1, -0.05) is 5.92 Å². The molecule has 0 fully saturated rings. The first-order valence-corrected chi connectivity index (χ1v) is 4.21. The smallest absolute Gasteiger partial charge is 0.166 e. The van der Waals surface area contributed by atoms with E-state index in [1.54, 1.807) is 0 Å². The van der Waals surface area contributed by atoms with E-state index in [4.69, 9.17) is 11.6 Å². The molecule has 0 amide bonds. The Hall–Kier alpha value is -1.58. The molecule has 1 aromatic rings. The molecule has 0 unspecified atom stereocenters. The van der Waals surface area contributed by atoms with Crippen LogP contribution in [0.25, 0.3) is 0 Å². The molecule has 0 heterocycles. The molecule has 0 aliphatic rings. The third-order valence-corrected chi connectivity index (χ3v) is 1.62. The Kier molecular flexibility index (Phi) is 3.66. The summed E-state index contributed by atoms with van der Waals surface area (Å²) in [4.78, 5) is 0. The second kappa shape index (κ2) is 4.77. The maximum absolute atomic E-state index is 12.2. The minimum atomic E-state index is -4.32. The fourth-order valence-corrected chi connectivity index (χ4v) is 0.917. The van der Waals surface area contributed by atoms with E-state index >= 15 is 0 Å². The molecule has 0 nitrogen and oxygen atoms in total. The highest BCUT2D eigenvalue weighted by Gasteiger charge is 2.29. The Balaban J connectivity index is 2.91. The van der Waals surface area contributed by atoms with Crippen LogP contribution in [0, 0.1) is 23.1 Å². The van der Waals surface area contributed by atoms with E-state index in [1.807, 2.05) is 5.38 Å². The number of hydrogen-bond donors (Lipinski definition) is 0. The van der Waals surface area contributed by atoms with Crippen molar-refractivity contribution in [2.24, 2.45) is 0 Å². The van der Waals surface area contributed by atoms with Crippen molar-refractivity contribution < 1.29 is 13.2 Å². The molecular weight excluding hydrogens is 225 g/mol. The lowest BCUT2D eigenvalue weighted by molar-refractivity contribution is -0.137. The minimum absolute atomic E-state index is 0.461. The summed E-state index contributed by atoms with van der Waals surface area (Å²) in [6.45, 7) is 0. The fraction of sp³-hybridized carbons (Fsp3) is 0.0909. The van der Waals surface area contributed by atoms with Gasteiger partial charge in [-0.2, -0.15) is 13.2 Å². The highest BCUT2D eigenvalue weighted by atomic mass is 35.5. The predicted octanol–water partition coefficient (Wildman–Crippen LogP) is 3.26. The summed E-state index contributed by atoms with van der Waals surface area (Å²) in [5.74, 6) is 7.21. The summed E-state index contributed by atoms with van der Waals surface area (Å²) in [5, 5.41) is 2.04. The van der Waals surface area contributed by atoms with Crippen LogP contribution in [-0.4, -0.2) is 0 Å². The predicted molar refractivity (Wildman–Crippen MR) is 52.0 cm³/mol. The lowest BCUT2D eigenvalue weighted by atomic mass is 10.1. The number of halogens is 4. The van der Waals surface area contributed by atoms with Gasteiger partial charge >= 0.3 is 6.18 Å². The highest BCUT2D eigenvalue weighted by Crippen LogP contribution is 2.28. The maximum atomic E-state index is 12.2. The maximum Gasteiger partial charge on any atom is 0.416 e. The molecule has 0 atom stereocenters. The van der Waals surface area contributed by atoms with Gasteiger partial charge in [0.25, 0.3) is 0 Å². The van der Waals surface area contributed by atoms with E-state index in [0.717, 1.165) is 12.1 Å². The first kappa shape index (κ1) is 11.5. The van der Waals surface area contributed by atoms with Crippen LogP contribution in [0.4, 0.5) is 13.2 Å². The van der Waals surface area contributed by atoms with Gasteiger partial charge in [-0.25, -0.2) is 0 Å². The summed E-state index contributed by atoms with van der Waals surface area (Å²) in [5.41, 5.74) is -0.237. The Morgan fingerprint density at radius 1 is 1.00 bits per heavy atom. The normalized spacial score (nSPS) is 9.60. The van der Waals surface area contributed by atoms with Crippen LogP contribution < -0.4 is 0 Å². The number of rotatable bonds is 0. The zero-order valence-corrected chi connectivity index (χ0v) is 8.08. The van der Waals surface area contributed by atoms with Crippen LogP contribution in [0.5, 0.6) is 0 Å². The third-order valence-electron chi connectivity index (χ3n) is 1.53. The van der Waals surface area contributed by atoms with Crippen LogP contribution in [0.1, 0.15) is 11.1 Å². The first-order chi connectivity index (χ1) is 7.04. The topological polar surface area (TPSA) is 0 Å². The van der Waals surface area contributed by atoms with E-state index in [2.05, 4.69) is 17.8 Å². The Morgan fingerprint density at radius 3 is 2.07 bits per heavy atom. The SMILES string of the molecule is FC(F)(F)c1ccc(C#CC#CCl)cc1. The van der Waals surface area contributed by atoms with Crippen molar-refractivity contribution in [3.8, 4) is 23.1 Å². The monoisotopic (exact) mass is 228 g/mol. The molecule has 0 spiro atoms. The van der Waals surface area contributed by atoms with Gasteiger partial charge in [0.1, 0.15) is 0 Å². The summed E-state index contributed by atoms with van der Waals surface area (Å²) < 4.78 is 36.5. The van der Waals surface area contributed by atoms with Crippen molar-refractivity contribution in [1.82, 2.24) is 0 Å². The minimum Gasteiger partial charge on any atom is -0.166 e. The average Bonchev–Trinajstić information content (AvgIpc) is 2.18. The molecule has 1 rings (SSSR count). The van der Waals surface area contributed by atoms with Gasteiger partial charge in [-0.3, -0.25) is 0 Å². The van der Waals surface area contributed by atoms with E-state index in [-0.39, 0.29) is 0 Å². The molecule has 15 heavy (non-hydrogen) atoms. The van der Waals surface area contributed by atoms with Gasteiger partial charge in [0, 0.05) is 16.9 Å². The zero-order valence-electron chi connectivity index (χ0n) is 7.32.